The van der Waals surface area contributed by atoms with Crippen LogP contribution in [0.1, 0.15) is 24.5 Å². The second kappa shape index (κ2) is 8.22. The molecule has 1 aromatic rings. The van der Waals surface area contributed by atoms with Gasteiger partial charge in [-0.2, -0.15) is 0 Å². The molecule has 7 heteroatoms. The molecule has 158 valence electrons. The lowest BCUT2D eigenvalue weighted by Gasteiger charge is -2.32. The van der Waals surface area contributed by atoms with Gasteiger partial charge in [-0.1, -0.05) is 55.5 Å². The van der Waals surface area contributed by atoms with Crippen LogP contribution in [0.25, 0.3) is 0 Å². The molecule has 6 nitrogen and oxygen atoms in total. The van der Waals surface area contributed by atoms with E-state index >= 15 is 0 Å². The van der Waals surface area contributed by atoms with Crippen LogP contribution in [-0.4, -0.2) is 48.8 Å². The minimum atomic E-state index is -3.19. The van der Waals surface area contributed by atoms with Gasteiger partial charge in [0.2, 0.25) is 0 Å². The van der Waals surface area contributed by atoms with E-state index in [9.17, 15) is 18.0 Å². The van der Waals surface area contributed by atoms with Gasteiger partial charge in [0.15, 0.2) is 9.84 Å². The van der Waals surface area contributed by atoms with Crippen molar-refractivity contribution in [3.63, 3.8) is 0 Å². The summed E-state index contributed by atoms with van der Waals surface area (Å²) in [6, 6.07) is 7.44. The molecule has 2 aliphatic heterocycles. The summed E-state index contributed by atoms with van der Waals surface area (Å²) in [7, 11) is -3.19. The lowest BCUT2D eigenvalue weighted by molar-refractivity contribution is -0.148. The fourth-order valence-electron chi connectivity index (χ4n) is 4.10. The van der Waals surface area contributed by atoms with Crippen molar-refractivity contribution < 1.29 is 22.7 Å². The zero-order chi connectivity index (χ0) is 21.3. The predicted octanol–water partition coefficient (Wildman–Crippen LogP) is 2.36. The number of aryl methyl sites for hydroxylation is 1. The van der Waals surface area contributed by atoms with Gasteiger partial charge in [-0.3, -0.25) is 4.79 Å². The molecular weight excluding hydrogens is 402 g/mol. The summed E-state index contributed by atoms with van der Waals surface area (Å²) >= 11 is 0. The monoisotopic (exact) mass is 427 g/mol. The van der Waals surface area contributed by atoms with Crippen molar-refractivity contribution in [2.24, 2.45) is 5.92 Å². The fraction of sp³-hybridized carbons (Fsp3) is 0.391. The first kappa shape index (κ1) is 20.6. The highest BCUT2D eigenvalue weighted by Gasteiger charge is 2.40. The Balaban J connectivity index is 1.63. The van der Waals surface area contributed by atoms with Crippen molar-refractivity contribution in [3.8, 4) is 0 Å². The van der Waals surface area contributed by atoms with Crippen molar-refractivity contribution in [2.75, 3.05) is 11.5 Å². The molecular formula is C23H25NO5S. The first-order chi connectivity index (χ1) is 14.4. The number of carbonyl (C=O) groups is 2. The minimum absolute atomic E-state index is 0.0225. The SMILES string of the molecule is CCc1ccc(CN(C(=O)C2=C[C@@H]3C=CC=C[C@H]3OC2=O)[C@@H]2CCS(=O)(=O)C2)cc1. The lowest BCUT2D eigenvalue weighted by atomic mass is 9.92. The van der Waals surface area contributed by atoms with Crippen LogP contribution in [0.5, 0.6) is 0 Å². The second-order valence-corrected chi connectivity index (χ2v) is 10.2. The molecule has 1 aliphatic carbocycles. The van der Waals surface area contributed by atoms with E-state index in [4.69, 9.17) is 4.74 Å². The molecule has 0 unspecified atom stereocenters. The summed E-state index contributed by atoms with van der Waals surface area (Å²) in [4.78, 5) is 27.5. The number of nitrogens with zero attached hydrogens (tertiary/aromatic N) is 1. The number of amides is 1. The van der Waals surface area contributed by atoms with E-state index < -0.39 is 33.9 Å². The molecule has 3 aliphatic rings. The molecule has 0 spiro atoms. The minimum Gasteiger partial charge on any atom is -0.453 e. The van der Waals surface area contributed by atoms with Crippen molar-refractivity contribution in [1.82, 2.24) is 4.90 Å². The highest BCUT2D eigenvalue weighted by molar-refractivity contribution is 7.91. The smallest absolute Gasteiger partial charge is 0.344 e. The lowest BCUT2D eigenvalue weighted by Crippen LogP contribution is -2.44. The normalized spacial score (nSPS) is 26.6. The van der Waals surface area contributed by atoms with Gasteiger partial charge in [0.25, 0.3) is 5.91 Å². The maximum atomic E-state index is 13.4. The number of ether oxygens (including phenoxy) is 1. The summed E-state index contributed by atoms with van der Waals surface area (Å²) < 4.78 is 29.6. The highest BCUT2D eigenvalue weighted by atomic mass is 32.2. The van der Waals surface area contributed by atoms with Crippen LogP contribution in [0.3, 0.4) is 0 Å². The molecule has 1 amide bonds. The third kappa shape index (κ3) is 4.26. The molecule has 2 heterocycles. The van der Waals surface area contributed by atoms with Crippen molar-refractivity contribution >= 4 is 21.7 Å². The molecule has 0 bridgehead atoms. The van der Waals surface area contributed by atoms with Crippen LogP contribution in [0.4, 0.5) is 0 Å². The van der Waals surface area contributed by atoms with Crippen LogP contribution < -0.4 is 0 Å². The van der Waals surface area contributed by atoms with E-state index in [1.54, 1.807) is 12.2 Å². The molecule has 0 saturated carbocycles. The summed E-state index contributed by atoms with van der Waals surface area (Å²) in [5.41, 5.74) is 2.06. The van der Waals surface area contributed by atoms with Crippen molar-refractivity contribution in [1.29, 1.82) is 0 Å². The zero-order valence-corrected chi connectivity index (χ0v) is 17.7. The molecule has 4 rings (SSSR count). The molecule has 0 N–H and O–H groups in total. The first-order valence-corrected chi connectivity index (χ1v) is 12.1. The van der Waals surface area contributed by atoms with Gasteiger partial charge in [0.1, 0.15) is 11.7 Å². The number of esters is 1. The van der Waals surface area contributed by atoms with E-state index in [-0.39, 0.29) is 29.5 Å². The van der Waals surface area contributed by atoms with Crippen LogP contribution in [-0.2, 0) is 37.1 Å². The Labute approximate surface area is 176 Å². The fourth-order valence-corrected chi connectivity index (χ4v) is 5.83. The summed E-state index contributed by atoms with van der Waals surface area (Å²) in [5, 5.41) is 0. The first-order valence-electron chi connectivity index (χ1n) is 10.2. The summed E-state index contributed by atoms with van der Waals surface area (Å²) in [5.74, 6) is -1.35. The van der Waals surface area contributed by atoms with Crippen molar-refractivity contribution in [2.45, 2.75) is 38.5 Å². The Morgan fingerprint density at radius 1 is 1.13 bits per heavy atom. The zero-order valence-electron chi connectivity index (χ0n) is 16.9. The van der Waals surface area contributed by atoms with Crippen molar-refractivity contribution in [3.05, 3.63) is 71.3 Å². The molecule has 30 heavy (non-hydrogen) atoms. The van der Waals surface area contributed by atoms with Crippen LogP contribution in [0.15, 0.2) is 60.2 Å². The number of hydrogen-bond acceptors (Lipinski definition) is 5. The molecule has 1 aromatic carbocycles. The van der Waals surface area contributed by atoms with E-state index in [0.717, 1.165) is 12.0 Å². The van der Waals surface area contributed by atoms with E-state index in [1.165, 1.54) is 10.5 Å². The number of rotatable bonds is 5. The average Bonchev–Trinajstić information content (AvgIpc) is 3.10. The molecule has 1 fully saturated rings. The van der Waals surface area contributed by atoms with E-state index in [1.807, 2.05) is 42.5 Å². The molecule has 0 radical (unpaired) electrons. The third-order valence-corrected chi connectivity index (χ3v) is 7.62. The quantitative estimate of drug-likeness (QED) is 0.532. The molecule has 0 aromatic heterocycles. The Kier molecular flexibility index (Phi) is 5.64. The maximum Gasteiger partial charge on any atom is 0.344 e. The summed E-state index contributed by atoms with van der Waals surface area (Å²) in [6.45, 7) is 2.31. The van der Waals surface area contributed by atoms with Gasteiger partial charge < -0.3 is 9.64 Å². The third-order valence-electron chi connectivity index (χ3n) is 5.87. The Hall–Kier alpha value is -2.67. The number of hydrogen-bond donors (Lipinski definition) is 0. The number of allylic oxidation sites excluding steroid dienone is 2. The Bertz CT molecular complexity index is 1040. The molecule has 3 atom stereocenters. The van der Waals surface area contributed by atoms with Gasteiger partial charge in [-0.05, 0) is 30.0 Å². The van der Waals surface area contributed by atoms with Gasteiger partial charge in [0, 0.05) is 18.5 Å². The Morgan fingerprint density at radius 3 is 2.50 bits per heavy atom. The van der Waals surface area contributed by atoms with Gasteiger partial charge in [-0.15, -0.1) is 0 Å². The highest BCUT2D eigenvalue weighted by Crippen LogP contribution is 2.28. The van der Waals surface area contributed by atoms with Crippen LogP contribution in [0.2, 0.25) is 0 Å². The second-order valence-electron chi connectivity index (χ2n) is 7.96. The predicted molar refractivity (Wildman–Crippen MR) is 113 cm³/mol. The van der Waals surface area contributed by atoms with E-state index in [0.29, 0.717) is 6.42 Å². The topological polar surface area (TPSA) is 80.8 Å². The summed E-state index contributed by atoms with van der Waals surface area (Å²) in [6.07, 6.45) is 9.87. The van der Waals surface area contributed by atoms with Gasteiger partial charge >= 0.3 is 5.97 Å². The van der Waals surface area contributed by atoms with Gasteiger partial charge in [0.05, 0.1) is 11.5 Å². The largest absolute Gasteiger partial charge is 0.453 e. The van der Waals surface area contributed by atoms with Crippen LogP contribution >= 0.6 is 0 Å². The van der Waals surface area contributed by atoms with Gasteiger partial charge in [-0.25, -0.2) is 13.2 Å². The van der Waals surface area contributed by atoms with E-state index in [2.05, 4.69) is 6.92 Å². The maximum absolute atomic E-state index is 13.4. The Morgan fingerprint density at radius 2 is 1.83 bits per heavy atom. The number of fused-ring (bicyclic) bond motifs is 1. The number of carbonyl (C=O) groups excluding carboxylic acids is 2. The van der Waals surface area contributed by atoms with Crippen LogP contribution in [0, 0.1) is 5.92 Å². The average molecular weight is 428 g/mol. The number of benzene rings is 1. The standard InChI is InChI=1S/C23H25NO5S/c1-2-16-7-9-17(10-8-16)14-24(19-11-12-30(27,28)15-19)22(25)20-13-18-5-3-4-6-21(18)29-23(20)26/h3-10,13,18-19,21H,2,11-12,14-15H2,1H3/t18-,19+,21+/m0/s1. The number of sulfone groups is 1. The molecule has 1 saturated heterocycles.